The van der Waals surface area contributed by atoms with E-state index in [2.05, 4.69) is 14.7 Å². The van der Waals surface area contributed by atoms with Crippen LogP contribution in [0.3, 0.4) is 0 Å². The number of rotatable bonds is 4. The fourth-order valence-corrected chi connectivity index (χ4v) is 2.06. The molecule has 0 aliphatic rings. The average molecular weight is 382 g/mol. The van der Waals surface area contributed by atoms with E-state index in [4.69, 9.17) is 27.8 Å². The van der Waals surface area contributed by atoms with Gasteiger partial charge in [-0.2, -0.15) is 4.98 Å². The van der Waals surface area contributed by atoms with Crippen LogP contribution in [0.4, 0.5) is 17.3 Å². The second kappa shape index (κ2) is 12.8. The molecular weight excluding hydrogens is 354 g/mol. The van der Waals surface area contributed by atoms with Gasteiger partial charge in [0.15, 0.2) is 0 Å². The Hall–Kier alpha value is -2.51. The number of nitrogen functional groups attached to an aromatic ring is 1. The first-order valence-electron chi connectivity index (χ1n) is 7.97. The van der Waals surface area contributed by atoms with Gasteiger partial charge in [-0.25, -0.2) is 4.98 Å². The molecule has 7 nitrogen and oxygen atoms in total. The third-order valence-electron chi connectivity index (χ3n) is 2.97. The van der Waals surface area contributed by atoms with Crippen LogP contribution in [-0.2, 0) is 4.74 Å². The van der Waals surface area contributed by atoms with Crippen LogP contribution in [0.2, 0.25) is 5.28 Å². The zero-order valence-electron chi connectivity index (χ0n) is 16.2. The first-order chi connectivity index (χ1) is 12.5. The Bertz CT molecular complexity index is 678. The van der Waals surface area contributed by atoms with Gasteiger partial charge < -0.3 is 25.8 Å². The maximum atomic E-state index is 5.90. The zero-order chi connectivity index (χ0) is 20.1. The van der Waals surface area contributed by atoms with E-state index in [9.17, 15) is 0 Å². The Morgan fingerprint density at radius 2 is 1.62 bits per heavy atom. The van der Waals surface area contributed by atoms with Crippen LogP contribution in [0.1, 0.15) is 19.4 Å². The van der Waals surface area contributed by atoms with Gasteiger partial charge in [-0.15, -0.1) is 0 Å². The quantitative estimate of drug-likeness (QED) is 0.778. The summed E-state index contributed by atoms with van der Waals surface area (Å²) in [7, 11) is 6.72. The van der Waals surface area contributed by atoms with Crippen molar-refractivity contribution in [3.8, 4) is 5.75 Å². The first kappa shape index (κ1) is 23.5. The van der Waals surface area contributed by atoms with Crippen molar-refractivity contribution in [3.05, 3.63) is 41.3 Å². The van der Waals surface area contributed by atoms with Crippen molar-refractivity contribution in [1.29, 1.82) is 0 Å². The molecule has 0 aliphatic carbocycles. The minimum Gasteiger partial charge on any atom is -0.497 e. The molecule has 0 amide bonds. The normalized spacial score (nSPS) is 9.65. The van der Waals surface area contributed by atoms with Crippen LogP contribution in [0.25, 0.3) is 6.08 Å². The summed E-state index contributed by atoms with van der Waals surface area (Å²) in [5.74, 6) is 1.61. The maximum absolute atomic E-state index is 5.90. The molecule has 2 aromatic rings. The number of halogens is 1. The molecule has 0 saturated heterocycles. The molecule has 4 N–H and O–H groups in total. The van der Waals surface area contributed by atoms with Crippen molar-refractivity contribution in [2.45, 2.75) is 13.8 Å². The fourth-order valence-electron chi connectivity index (χ4n) is 1.89. The van der Waals surface area contributed by atoms with Crippen LogP contribution in [0.15, 0.2) is 30.5 Å². The molecule has 0 spiro atoms. The summed E-state index contributed by atoms with van der Waals surface area (Å²) in [5, 5.41) is 0.0806. The van der Waals surface area contributed by atoms with Crippen molar-refractivity contribution < 1.29 is 9.47 Å². The first-order valence-corrected chi connectivity index (χ1v) is 8.35. The van der Waals surface area contributed by atoms with Gasteiger partial charge in [0.1, 0.15) is 17.4 Å². The lowest BCUT2D eigenvalue weighted by Gasteiger charge is -2.21. The van der Waals surface area contributed by atoms with E-state index in [-0.39, 0.29) is 11.1 Å². The van der Waals surface area contributed by atoms with Crippen molar-refractivity contribution in [3.63, 3.8) is 0 Å². The van der Waals surface area contributed by atoms with Crippen LogP contribution in [-0.4, -0.2) is 38.3 Å². The number of benzene rings is 1. The van der Waals surface area contributed by atoms with Gasteiger partial charge in [0.25, 0.3) is 0 Å². The van der Waals surface area contributed by atoms with E-state index in [1.165, 1.54) is 6.20 Å². The second-order valence-electron chi connectivity index (χ2n) is 4.64. The highest BCUT2D eigenvalue weighted by atomic mass is 35.5. The maximum Gasteiger partial charge on any atom is 0.226 e. The Balaban J connectivity index is 0.00000113. The fraction of sp³-hybridized carbons (Fsp3) is 0.333. The smallest absolute Gasteiger partial charge is 0.226 e. The molecule has 0 bridgehead atoms. The largest absolute Gasteiger partial charge is 0.497 e. The SMILES string of the molecule is CC.COC.COc1ccc(N(C)c2nc(Cl)nc(N)c2/C=C\N)cc1. The van der Waals surface area contributed by atoms with E-state index in [1.807, 2.05) is 50.1 Å². The number of methoxy groups -OCH3 is 2. The number of nitrogens with two attached hydrogens (primary N) is 2. The van der Waals surface area contributed by atoms with Gasteiger partial charge in [0, 0.05) is 27.0 Å². The second-order valence-corrected chi connectivity index (χ2v) is 4.98. The number of hydrogen-bond donors (Lipinski definition) is 2. The molecule has 1 aromatic heterocycles. The highest BCUT2D eigenvalue weighted by Gasteiger charge is 2.15. The molecule has 0 radical (unpaired) electrons. The van der Waals surface area contributed by atoms with Crippen molar-refractivity contribution in [1.82, 2.24) is 9.97 Å². The summed E-state index contributed by atoms with van der Waals surface area (Å²) in [5.41, 5.74) is 12.8. The highest BCUT2D eigenvalue weighted by Crippen LogP contribution is 2.30. The van der Waals surface area contributed by atoms with Gasteiger partial charge in [-0.05, 0) is 48.1 Å². The van der Waals surface area contributed by atoms with Crippen molar-refractivity contribution in [2.75, 3.05) is 39.0 Å². The molecule has 1 heterocycles. The molecule has 0 saturated carbocycles. The van der Waals surface area contributed by atoms with E-state index < -0.39 is 0 Å². The third kappa shape index (κ3) is 6.78. The summed E-state index contributed by atoms with van der Waals surface area (Å²) < 4.78 is 9.39. The Kier molecular flexibility index (Phi) is 11.6. The highest BCUT2D eigenvalue weighted by molar-refractivity contribution is 6.28. The standard InChI is InChI=1S/C14H16ClN5O.C2H6O.C2H6/c1-20(9-3-5-10(21-2)6-4-9)13-11(7-8-16)12(17)18-14(15)19-13;1-3-2;1-2/h3-8H,16H2,1-2H3,(H2,17,18,19);1-2H3;1-2H3/b8-7-;;. The minimum absolute atomic E-state index is 0.0806. The Labute approximate surface area is 160 Å². The summed E-state index contributed by atoms with van der Waals surface area (Å²) >= 11 is 5.90. The van der Waals surface area contributed by atoms with E-state index in [0.29, 0.717) is 11.4 Å². The Morgan fingerprint density at radius 1 is 1.08 bits per heavy atom. The molecule has 0 atom stereocenters. The monoisotopic (exact) mass is 381 g/mol. The number of nitrogens with zero attached hydrogens (tertiary/aromatic N) is 3. The molecule has 2 rings (SSSR count). The van der Waals surface area contributed by atoms with Gasteiger partial charge in [-0.3, -0.25) is 0 Å². The zero-order valence-corrected chi connectivity index (χ0v) is 16.9. The van der Waals surface area contributed by atoms with Gasteiger partial charge >= 0.3 is 0 Å². The number of anilines is 3. The predicted octanol–water partition coefficient (Wildman–Crippen LogP) is 3.71. The van der Waals surface area contributed by atoms with Crippen LogP contribution in [0, 0.1) is 0 Å². The number of ether oxygens (including phenoxy) is 2. The van der Waals surface area contributed by atoms with Gasteiger partial charge in [0.05, 0.1) is 12.7 Å². The van der Waals surface area contributed by atoms with Crippen LogP contribution in [0.5, 0.6) is 5.75 Å². The lowest BCUT2D eigenvalue weighted by atomic mass is 10.2. The molecule has 144 valence electrons. The summed E-state index contributed by atoms with van der Waals surface area (Å²) in [4.78, 5) is 10.0. The number of aromatic nitrogens is 2. The minimum atomic E-state index is 0.0806. The Morgan fingerprint density at radius 3 is 2.08 bits per heavy atom. The van der Waals surface area contributed by atoms with Crippen LogP contribution >= 0.6 is 11.6 Å². The molecule has 1 aromatic carbocycles. The summed E-state index contributed by atoms with van der Waals surface area (Å²) in [6, 6.07) is 7.52. The molecule has 0 fully saturated rings. The van der Waals surface area contributed by atoms with E-state index >= 15 is 0 Å². The lowest BCUT2D eigenvalue weighted by Crippen LogP contribution is -2.15. The molecule has 8 heteroatoms. The molecular formula is C18H28ClN5O2. The van der Waals surface area contributed by atoms with E-state index in [1.54, 1.807) is 27.4 Å². The predicted molar refractivity (Wildman–Crippen MR) is 110 cm³/mol. The summed E-state index contributed by atoms with van der Waals surface area (Å²) in [6.07, 6.45) is 3.02. The molecule has 0 aliphatic heterocycles. The van der Waals surface area contributed by atoms with Gasteiger partial charge in [0.2, 0.25) is 5.28 Å². The average Bonchev–Trinajstić information content (AvgIpc) is 2.65. The van der Waals surface area contributed by atoms with Crippen molar-refractivity contribution >= 4 is 35.0 Å². The van der Waals surface area contributed by atoms with Crippen LogP contribution < -0.4 is 21.1 Å². The lowest BCUT2D eigenvalue weighted by molar-refractivity contribution is 0.277. The van der Waals surface area contributed by atoms with Gasteiger partial charge in [-0.1, -0.05) is 13.8 Å². The van der Waals surface area contributed by atoms with E-state index in [0.717, 1.165) is 11.4 Å². The molecule has 0 unspecified atom stereocenters. The molecule has 26 heavy (non-hydrogen) atoms. The number of hydrogen-bond acceptors (Lipinski definition) is 7. The van der Waals surface area contributed by atoms with Crippen molar-refractivity contribution in [2.24, 2.45) is 5.73 Å². The third-order valence-corrected chi connectivity index (χ3v) is 3.14. The topological polar surface area (TPSA) is 99.5 Å². The summed E-state index contributed by atoms with van der Waals surface area (Å²) in [6.45, 7) is 4.00.